The molecule has 0 aromatic rings. The van der Waals surface area contributed by atoms with Gasteiger partial charge in [0, 0.05) is 0 Å². The summed E-state index contributed by atoms with van der Waals surface area (Å²) in [5.74, 6) is -0.799. The number of unbranched alkanes of at least 4 members (excludes halogenated alkanes) is 2. The summed E-state index contributed by atoms with van der Waals surface area (Å²) in [5.41, 5.74) is 0. The van der Waals surface area contributed by atoms with Crippen LogP contribution in [0.15, 0.2) is 0 Å². The Labute approximate surface area is 91.5 Å². The molecule has 0 bridgehead atoms. The van der Waals surface area contributed by atoms with Crippen molar-refractivity contribution in [2.24, 2.45) is 11.8 Å². The molecule has 0 spiro atoms. The number of hydrogen-bond donors (Lipinski definition) is 2. The van der Waals surface area contributed by atoms with Crippen molar-refractivity contribution in [3.05, 3.63) is 0 Å². The van der Waals surface area contributed by atoms with Crippen LogP contribution in [0.1, 0.15) is 51.9 Å². The third-order valence-corrected chi connectivity index (χ3v) is 3.17. The maximum absolute atomic E-state index is 11.0. The summed E-state index contributed by atoms with van der Waals surface area (Å²) in [6, 6.07) is 0. The molecule has 88 valence electrons. The Morgan fingerprint density at radius 1 is 1.40 bits per heavy atom. The molecule has 0 aromatic carbocycles. The van der Waals surface area contributed by atoms with Crippen molar-refractivity contribution in [1.82, 2.24) is 0 Å². The molecule has 0 radical (unpaired) electrons. The van der Waals surface area contributed by atoms with E-state index in [1.165, 1.54) is 0 Å². The molecule has 0 amide bonds. The van der Waals surface area contributed by atoms with E-state index in [1.54, 1.807) is 0 Å². The van der Waals surface area contributed by atoms with Gasteiger partial charge in [-0.1, -0.05) is 39.0 Å². The molecular formula is C12H22O3. The SMILES string of the molecule is CCCCC[C@@H](O)[C@@H](CC1CC1)C(=O)O. The maximum Gasteiger partial charge on any atom is 0.309 e. The molecule has 0 heterocycles. The first-order valence-corrected chi connectivity index (χ1v) is 6.06. The number of carboxylic acids is 1. The van der Waals surface area contributed by atoms with Crippen LogP contribution < -0.4 is 0 Å². The second kappa shape index (κ2) is 6.11. The van der Waals surface area contributed by atoms with E-state index >= 15 is 0 Å². The van der Waals surface area contributed by atoms with Crippen molar-refractivity contribution in [3.8, 4) is 0 Å². The Bertz CT molecular complexity index is 199. The van der Waals surface area contributed by atoms with Crippen LogP contribution in [0.3, 0.4) is 0 Å². The highest BCUT2D eigenvalue weighted by atomic mass is 16.4. The fourth-order valence-corrected chi connectivity index (χ4v) is 1.94. The topological polar surface area (TPSA) is 57.5 Å². The summed E-state index contributed by atoms with van der Waals surface area (Å²) in [7, 11) is 0. The molecule has 0 aliphatic heterocycles. The van der Waals surface area contributed by atoms with E-state index in [1.807, 2.05) is 0 Å². The third kappa shape index (κ3) is 4.65. The Kier molecular flexibility index (Phi) is 5.09. The maximum atomic E-state index is 11.0. The minimum Gasteiger partial charge on any atom is -0.481 e. The number of aliphatic hydroxyl groups excluding tert-OH is 1. The quantitative estimate of drug-likeness (QED) is 0.610. The summed E-state index contributed by atoms with van der Waals surface area (Å²) >= 11 is 0. The highest BCUT2D eigenvalue weighted by molar-refractivity contribution is 5.70. The zero-order valence-corrected chi connectivity index (χ0v) is 9.48. The lowest BCUT2D eigenvalue weighted by Gasteiger charge is -2.18. The lowest BCUT2D eigenvalue weighted by atomic mass is 9.92. The zero-order valence-electron chi connectivity index (χ0n) is 9.48. The zero-order chi connectivity index (χ0) is 11.3. The van der Waals surface area contributed by atoms with Crippen molar-refractivity contribution < 1.29 is 15.0 Å². The summed E-state index contributed by atoms with van der Waals surface area (Å²) < 4.78 is 0. The van der Waals surface area contributed by atoms with E-state index in [-0.39, 0.29) is 0 Å². The molecule has 2 N–H and O–H groups in total. The van der Waals surface area contributed by atoms with Crippen LogP contribution in [0, 0.1) is 11.8 Å². The number of rotatable bonds is 8. The van der Waals surface area contributed by atoms with Gasteiger partial charge in [-0.05, 0) is 18.8 Å². The van der Waals surface area contributed by atoms with E-state index in [4.69, 9.17) is 5.11 Å². The number of carbonyl (C=O) groups is 1. The van der Waals surface area contributed by atoms with Crippen molar-refractivity contribution >= 4 is 5.97 Å². The molecule has 0 saturated heterocycles. The molecule has 15 heavy (non-hydrogen) atoms. The largest absolute Gasteiger partial charge is 0.481 e. The minimum absolute atomic E-state index is 0.533. The van der Waals surface area contributed by atoms with Crippen LogP contribution >= 0.6 is 0 Å². The molecule has 0 aromatic heterocycles. The average Bonchev–Trinajstić information content (AvgIpc) is 2.97. The van der Waals surface area contributed by atoms with Crippen molar-refractivity contribution in [2.75, 3.05) is 0 Å². The van der Waals surface area contributed by atoms with Gasteiger partial charge in [-0.2, -0.15) is 0 Å². The van der Waals surface area contributed by atoms with Crippen LogP contribution in [0.5, 0.6) is 0 Å². The number of aliphatic hydroxyl groups is 1. The van der Waals surface area contributed by atoms with Gasteiger partial charge in [-0.25, -0.2) is 0 Å². The molecule has 1 fully saturated rings. The van der Waals surface area contributed by atoms with Crippen LogP contribution in [-0.2, 0) is 4.79 Å². The normalized spacial score (nSPS) is 19.9. The van der Waals surface area contributed by atoms with Crippen LogP contribution in [0.4, 0.5) is 0 Å². The molecule has 0 unspecified atom stereocenters. The lowest BCUT2D eigenvalue weighted by Crippen LogP contribution is -2.28. The van der Waals surface area contributed by atoms with Crippen LogP contribution in [-0.4, -0.2) is 22.3 Å². The predicted octanol–water partition coefficient (Wildman–Crippen LogP) is 2.43. The van der Waals surface area contributed by atoms with Crippen LogP contribution in [0.2, 0.25) is 0 Å². The highest BCUT2D eigenvalue weighted by Gasteiger charge is 2.33. The molecule has 1 aliphatic rings. The lowest BCUT2D eigenvalue weighted by molar-refractivity contribution is -0.146. The van der Waals surface area contributed by atoms with Gasteiger partial charge in [0.25, 0.3) is 0 Å². The minimum atomic E-state index is -0.828. The number of carboxylic acid groups (broad SMARTS) is 1. The van der Waals surface area contributed by atoms with E-state index < -0.39 is 18.0 Å². The van der Waals surface area contributed by atoms with Gasteiger partial charge < -0.3 is 10.2 Å². The van der Waals surface area contributed by atoms with E-state index in [9.17, 15) is 9.90 Å². The Hall–Kier alpha value is -0.570. The van der Waals surface area contributed by atoms with Gasteiger partial charge in [0.1, 0.15) is 0 Å². The number of aliphatic carboxylic acids is 1. The first kappa shape index (κ1) is 12.5. The molecular weight excluding hydrogens is 192 g/mol. The van der Waals surface area contributed by atoms with Crippen molar-refractivity contribution in [1.29, 1.82) is 0 Å². The Balaban J connectivity index is 2.29. The van der Waals surface area contributed by atoms with Gasteiger partial charge >= 0.3 is 5.97 Å². The first-order valence-electron chi connectivity index (χ1n) is 6.06. The second-order valence-corrected chi connectivity index (χ2v) is 4.69. The predicted molar refractivity (Wildman–Crippen MR) is 58.6 cm³/mol. The average molecular weight is 214 g/mol. The Morgan fingerprint density at radius 2 is 2.07 bits per heavy atom. The molecule has 1 rings (SSSR count). The van der Waals surface area contributed by atoms with Crippen LogP contribution in [0.25, 0.3) is 0 Å². The molecule has 1 aliphatic carbocycles. The second-order valence-electron chi connectivity index (χ2n) is 4.69. The fourth-order valence-electron chi connectivity index (χ4n) is 1.94. The van der Waals surface area contributed by atoms with E-state index in [2.05, 4.69) is 6.92 Å². The summed E-state index contributed by atoms with van der Waals surface area (Å²) in [5, 5.41) is 18.8. The summed E-state index contributed by atoms with van der Waals surface area (Å²) in [6.45, 7) is 2.10. The van der Waals surface area contributed by atoms with Gasteiger partial charge in [0.05, 0.1) is 12.0 Å². The summed E-state index contributed by atoms with van der Waals surface area (Å²) in [6.07, 6.45) is 6.07. The van der Waals surface area contributed by atoms with E-state index in [0.717, 1.165) is 32.1 Å². The van der Waals surface area contributed by atoms with Crippen molar-refractivity contribution in [2.45, 2.75) is 58.0 Å². The van der Waals surface area contributed by atoms with Gasteiger partial charge in [-0.3, -0.25) is 4.79 Å². The molecule has 1 saturated carbocycles. The fraction of sp³-hybridized carbons (Fsp3) is 0.917. The molecule has 2 atom stereocenters. The standard InChI is InChI=1S/C12H22O3/c1-2-3-4-5-11(13)10(12(14)15)8-9-6-7-9/h9-11,13H,2-8H2,1H3,(H,14,15)/t10-,11-/m1/s1. The first-order chi connectivity index (χ1) is 7.15. The Morgan fingerprint density at radius 3 is 2.53 bits per heavy atom. The summed E-state index contributed by atoms with van der Waals surface area (Å²) in [4.78, 5) is 11.0. The smallest absolute Gasteiger partial charge is 0.309 e. The number of hydrogen-bond acceptors (Lipinski definition) is 2. The van der Waals surface area contributed by atoms with Crippen molar-refractivity contribution in [3.63, 3.8) is 0 Å². The van der Waals surface area contributed by atoms with Gasteiger partial charge in [0.15, 0.2) is 0 Å². The van der Waals surface area contributed by atoms with Gasteiger partial charge in [0.2, 0.25) is 0 Å². The van der Waals surface area contributed by atoms with Gasteiger partial charge in [-0.15, -0.1) is 0 Å². The van der Waals surface area contributed by atoms with E-state index in [0.29, 0.717) is 18.8 Å². The highest BCUT2D eigenvalue weighted by Crippen LogP contribution is 2.36. The molecule has 3 heteroatoms. The third-order valence-electron chi connectivity index (χ3n) is 3.17. The molecule has 3 nitrogen and oxygen atoms in total. The monoisotopic (exact) mass is 214 g/mol.